The zero-order chi connectivity index (χ0) is 20.1. The molecule has 0 saturated carbocycles. The van der Waals surface area contributed by atoms with E-state index < -0.39 is 36.1 Å². The molecule has 0 spiro atoms. The van der Waals surface area contributed by atoms with Crippen LogP contribution in [0.25, 0.3) is 0 Å². The van der Waals surface area contributed by atoms with Gasteiger partial charge in [0.1, 0.15) is 12.7 Å². The molecule has 9 nitrogen and oxygen atoms in total. The molecule has 2 aromatic rings. The number of esters is 2. The van der Waals surface area contributed by atoms with Gasteiger partial charge in [-0.25, -0.2) is 9.59 Å². The highest BCUT2D eigenvalue weighted by atomic mass is 16.6. The van der Waals surface area contributed by atoms with Crippen LogP contribution in [0.1, 0.15) is 29.9 Å². The van der Waals surface area contributed by atoms with E-state index in [4.69, 9.17) is 18.9 Å². The molecule has 148 valence electrons. The number of carbonyl (C=O) groups excluding carboxylic acids is 2. The van der Waals surface area contributed by atoms with Crippen LogP contribution in [0.5, 0.6) is 5.88 Å². The Labute approximate surface area is 160 Å². The smallest absolute Gasteiger partial charge is 0.353 e. The van der Waals surface area contributed by atoms with Crippen molar-refractivity contribution in [3.05, 3.63) is 58.6 Å². The molecule has 3 rings (SSSR count). The summed E-state index contributed by atoms with van der Waals surface area (Å²) in [7, 11) is 1.40. The topological polar surface area (TPSA) is 106 Å². The van der Waals surface area contributed by atoms with Crippen molar-refractivity contribution < 1.29 is 28.5 Å². The van der Waals surface area contributed by atoms with Crippen LogP contribution in [0, 0.1) is 0 Å². The molecule has 0 aliphatic carbocycles. The minimum atomic E-state index is -0.879. The highest BCUT2D eigenvalue weighted by Gasteiger charge is 2.40. The Morgan fingerprint density at radius 3 is 2.64 bits per heavy atom. The van der Waals surface area contributed by atoms with E-state index in [1.807, 2.05) is 0 Å². The molecular weight excluding hydrogens is 368 g/mol. The highest BCUT2D eigenvalue weighted by Crippen LogP contribution is 2.31. The number of aromatic nitrogens is 2. The molecule has 0 radical (unpaired) electrons. The van der Waals surface area contributed by atoms with Crippen molar-refractivity contribution in [1.82, 2.24) is 9.55 Å². The van der Waals surface area contributed by atoms with Crippen LogP contribution in [0.3, 0.4) is 0 Å². The van der Waals surface area contributed by atoms with Crippen molar-refractivity contribution in [2.45, 2.75) is 31.8 Å². The second kappa shape index (κ2) is 8.66. The Morgan fingerprint density at radius 2 is 2.00 bits per heavy atom. The van der Waals surface area contributed by atoms with Gasteiger partial charge in [-0.1, -0.05) is 18.2 Å². The molecule has 0 unspecified atom stereocenters. The maximum atomic E-state index is 12.2. The van der Waals surface area contributed by atoms with E-state index in [1.165, 1.54) is 30.9 Å². The molecule has 3 atom stereocenters. The zero-order valence-electron chi connectivity index (χ0n) is 15.4. The maximum absolute atomic E-state index is 12.2. The standard InChI is InChI=1S/C19H20N2O7/c1-12(22)27-15-10-14(11-26-18(23)13-6-4-3-5-7-13)28-17(15)21-9-8-16(25-2)20-19(21)24/h3-9,14-15,17H,10-11H2,1-2H3/t14-,15+,17+/m0/s1. The van der Waals surface area contributed by atoms with E-state index in [0.29, 0.717) is 5.56 Å². The molecule has 28 heavy (non-hydrogen) atoms. The predicted octanol–water partition coefficient (Wildman–Crippen LogP) is 1.33. The quantitative estimate of drug-likeness (QED) is 0.683. The fourth-order valence-electron chi connectivity index (χ4n) is 2.92. The summed E-state index contributed by atoms with van der Waals surface area (Å²) in [5.74, 6) is -0.827. The summed E-state index contributed by atoms with van der Waals surface area (Å²) in [5.41, 5.74) is -0.187. The van der Waals surface area contributed by atoms with Crippen molar-refractivity contribution in [2.75, 3.05) is 13.7 Å². The molecule has 1 aromatic carbocycles. The number of nitrogens with zero attached hydrogens (tertiary/aromatic N) is 2. The van der Waals surface area contributed by atoms with Gasteiger partial charge in [0, 0.05) is 25.6 Å². The van der Waals surface area contributed by atoms with Crippen LogP contribution in [0.2, 0.25) is 0 Å². The van der Waals surface area contributed by atoms with E-state index in [9.17, 15) is 14.4 Å². The third-order valence-corrected chi connectivity index (χ3v) is 4.16. The molecule has 9 heteroatoms. The number of rotatable bonds is 6. The van der Waals surface area contributed by atoms with Crippen LogP contribution < -0.4 is 10.4 Å². The summed E-state index contributed by atoms with van der Waals surface area (Å²) in [5, 5.41) is 0. The molecule has 1 aliphatic heterocycles. The molecule has 1 fully saturated rings. The van der Waals surface area contributed by atoms with Crippen LogP contribution in [0.15, 0.2) is 47.4 Å². The first kappa shape index (κ1) is 19.6. The molecule has 0 bridgehead atoms. The minimum absolute atomic E-state index is 0.0413. The average molecular weight is 388 g/mol. The normalized spacial score (nSPS) is 21.1. The number of hydrogen-bond acceptors (Lipinski definition) is 8. The van der Waals surface area contributed by atoms with Gasteiger partial charge in [-0.2, -0.15) is 4.98 Å². The van der Waals surface area contributed by atoms with Crippen LogP contribution >= 0.6 is 0 Å². The Hall–Kier alpha value is -3.20. The SMILES string of the molecule is COc1ccn([C@@H]2O[C@H](COC(=O)c3ccccc3)C[C@H]2OC(C)=O)c(=O)n1. The number of hydrogen-bond donors (Lipinski definition) is 0. The van der Waals surface area contributed by atoms with Gasteiger partial charge < -0.3 is 18.9 Å². The number of methoxy groups -OCH3 is 1. The van der Waals surface area contributed by atoms with Gasteiger partial charge in [-0.15, -0.1) is 0 Å². The Balaban J connectivity index is 1.71. The molecule has 1 saturated heterocycles. The second-order valence-corrected chi connectivity index (χ2v) is 6.16. The Kier molecular flexibility index (Phi) is 6.05. The van der Waals surface area contributed by atoms with Gasteiger partial charge in [0.15, 0.2) is 6.23 Å². The van der Waals surface area contributed by atoms with Crippen LogP contribution in [-0.4, -0.2) is 47.4 Å². The Bertz CT molecular complexity index is 897. The lowest BCUT2D eigenvalue weighted by atomic mass is 10.2. The zero-order valence-corrected chi connectivity index (χ0v) is 15.4. The van der Waals surface area contributed by atoms with Crippen LogP contribution in [0.4, 0.5) is 0 Å². The summed E-state index contributed by atoms with van der Waals surface area (Å²) in [6, 6.07) is 10.1. The lowest BCUT2D eigenvalue weighted by molar-refractivity contribution is -0.152. The van der Waals surface area contributed by atoms with Gasteiger partial charge in [-0.3, -0.25) is 9.36 Å². The first-order chi connectivity index (χ1) is 13.5. The van der Waals surface area contributed by atoms with E-state index in [-0.39, 0.29) is 18.9 Å². The fourth-order valence-corrected chi connectivity index (χ4v) is 2.92. The van der Waals surface area contributed by atoms with Gasteiger partial charge in [0.05, 0.1) is 18.8 Å². The summed E-state index contributed by atoms with van der Waals surface area (Å²) >= 11 is 0. The first-order valence-corrected chi connectivity index (χ1v) is 8.66. The molecule has 0 amide bonds. The van der Waals surface area contributed by atoms with E-state index >= 15 is 0 Å². The van der Waals surface area contributed by atoms with Crippen LogP contribution in [-0.2, 0) is 19.0 Å². The molecule has 0 N–H and O–H groups in total. The van der Waals surface area contributed by atoms with Gasteiger partial charge in [-0.05, 0) is 12.1 Å². The lowest BCUT2D eigenvalue weighted by Crippen LogP contribution is -2.33. The van der Waals surface area contributed by atoms with Crippen molar-refractivity contribution in [3.63, 3.8) is 0 Å². The van der Waals surface area contributed by atoms with E-state index in [0.717, 1.165) is 0 Å². The Morgan fingerprint density at radius 1 is 1.25 bits per heavy atom. The lowest BCUT2D eigenvalue weighted by Gasteiger charge is -2.20. The summed E-state index contributed by atoms with van der Waals surface area (Å²) < 4.78 is 22.5. The third kappa shape index (κ3) is 4.55. The first-order valence-electron chi connectivity index (χ1n) is 8.66. The second-order valence-electron chi connectivity index (χ2n) is 6.16. The predicted molar refractivity (Wildman–Crippen MR) is 95.9 cm³/mol. The number of ether oxygens (including phenoxy) is 4. The highest BCUT2D eigenvalue weighted by molar-refractivity contribution is 5.89. The van der Waals surface area contributed by atoms with Gasteiger partial charge in [0.25, 0.3) is 0 Å². The van der Waals surface area contributed by atoms with Gasteiger partial charge >= 0.3 is 17.6 Å². The van der Waals surface area contributed by atoms with Crippen molar-refractivity contribution in [2.24, 2.45) is 0 Å². The molecule has 2 heterocycles. The molecule has 1 aromatic heterocycles. The minimum Gasteiger partial charge on any atom is -0.481 e. The molecular formula is C19H20N2O7. The molecule has 1 aliphatic rings. The number of benzene rings is 1. The van der Waals surface area contributed by atoms with E-state index in [2.05, 4.69) is 4.98 Å². The average Bonchev–Trinajstić information content (AvgIpc) is 3.08. The summed E-state index contributed by atoms with van der Waals surface area (Å²) in [4.78, 5) is 39.5. The summed E-state index contributed by atoms with van der Waals surface area (Å²) in [6.07, 6.45) is -0.421. The third-order valence-electron chi connectivity index (χ3n) is 4.16. The summed E-state index contributed by atoms with van der Waals surface area (Å²) in [6.45, 7) is 1.23. The monoisotopic (exact) mass is 388 g/mol. The van der Waals surface area contributed by atoms with Crippen molar-refractivity contribution in [1.29, 1.82) is 0 Å². The van der Waals surface area contributed by atoms with Gasteiger partial charge in [0.2, 0.25) is 5.88 Å². The number of carbonyl (C=O) groups is 2. The largest absolute Gasteiger partial charge is 0.481 e. The maximum Gasteiger partial charge on any atom is 0.353 e. The van der Waals surface area contributed by atoms with E-state index in [1.54, 1.807) is 30.3 Å². The van der Waals surface area contributed by atoms with Crippen molar-refractivity contribution >= 4 is 11.9 Å². The fraction of sp³-hybridized carbons (Fsp3) is 0.368. The van der Waals surface area contributed by atoms with Crippen molar-refractivity contribution in [3.8, 4) is 5.88 Å².